The molecule has 3 rings (SSSR count). The van der Waals surface area contributed by atoms with Gasteiger partial charge in [0.05, 0.1) is 0 Å². The Kier molecular flexibility index (Phi) is 6.91. The molecule has 0 atom stereocenters. The van der Waals surface area contributed by atoms with Gasteiger partial charge in [-0.3, -0.25) is 19.3 Å². The normalized spacial score (nSPS) is 21.7. The van der Waals surface area contributed by atoms with E-state index >= 15 is 0 Å². The number of carbonyl (C=O) groups excluding carboxylic acids is 4. The molecule has 0 aromatic heterocycles. The Balaban J connectivity index is 1.32. The summed E-state index contributed by atoms with van der Waals surface area (Å²) in [4.78, 5) is 52.0. The van der Waals surface area contributed by atoms with E-state index in [-0.39, 0.29) is 36.7 Å². The number of likely N-dealkylation sites (tertiary alicyclic amines) is 1. The average Bonchev–Trinajstić information content (AvgIpc) is 3.09. The summed E-state index contributed by atoms with van der Waals surface area (Å²) >= 11 is 0. The molecule has 0 aromatic carbocycles. The monoisotopic (exact) mass is 392 g/mol. The van der Waals surface area contributed by atoms with E-state index in [1.165, 1.54) is 17.7 Å². The fourth-order valence-corrected chi connectivity index (χ4v) is 4.47. The summed E-state index contributed by atoms with van der Waals surface area (Å²) in [5.74, 6) is -0.187. The Morgan fingerprint density at radius 3 is 2.32 bits per heavy atom. The minimum atomic E-state index is -0.687. The molecule has 156 valence electrons. The van der Waals surface area contributed by atoms with Gasteiger partial charge in [0.1, 0.15) is 5.54 Å². The molecule has 3 fully saturated rings. The highest BCUT2D eigenvalue weighted by Gasteiger charge is 2.51. The molecule has 5 amide bonds. The Hall–Kier alpha value is -2.12. The van der Waals surface area contributed by atoms with Crippen molar-refractivity contribution in [2.24, 2.45) is 0 Å². The van der Waals surface area contributed by atoms with Crippen LogP contribution < -0.4 is 10.6 Å². The van der Waals surface area contributed by atoms with Gasteiger partial charge in [-0.05, 0) is 32.1 Å². The van der Waals surface area contributed by atoms with E-state index in [2.05, 4.69) is 10.6 Å². The first-order valence-corrected chi connectivity index (χ1v) is 10.7. The van der Waals surface area contributed by atoms with E-state index in [0.717, 1.165) is 38.8 Å². The van der Waals surface area contributed by atoms with E-state index in [1.54, 1.807) is 0 Å². The van der Waals surface area contributed by atoms with Gasteiger partial charge in [0, 0.05) is 39.0 Å². The van der Waals surface area contributed by atoms with Crippen LogP contribution in [0.5, 0.6) is 0 Å². The van der Waals surface area contributed by atoms with Gasteiger partial charge in [-0.2, -0.15) is 0 Å². The number of imide groups is 1. The first-order valence-electron chi connectivity index (χ1n) is 10.7. The number of carbonyl (C=O) groups is 4. The Labute approximate surface area is 166 Å². The summed E-state index contributed by atoms with van der Waals surface area (Å²) in [6.45, 7) is 2.23. The molecule has 0 aromatic rings. The molecule has 8 heteroatoms. The van der Waals surface area contributed by atoms with Crippen molar-refractivity contribution in [2.45, 2.75) is 76.2 Å². The average molecular weight is 393 g/mol. The highest BCUT2D eigenvalue weighted by atomic mass is 16.2. The van der Waals surface area contributed by atoms with Crippen molar-refractivity contribution in [1.82, 2.24) is 20.4 Å². The summed E-state index contributed by atoms with van der Waals surface area (Å²) in [5, 5.41) is 5.62. The van der Waals surface area contributed by atoms with Crippen molar-refractivity contribution in [2.75, 3.05) is 26.2 Å². The van der Waals surface area contributed by atoms with Gasteiger partial charge in [0.15, 0.2) is 0 Å². The first kappa shape index (κ1) is 20.6. The predicted molar refractivity (Wildman–Crippen MR) is 103 cm³/mol. The van der Waals surface area contributed by atoms with Crippen LogP contribution in [0.1, 0.15) is 70.6 Å². The van der Waals surface area contributed by atoms with Crippen molar-refractivity contribution < 1.29 is 19.2 Å². The second kappa shape index (κ2) is 9.39. The molecule has 0 bridgehead atoms. The summed E-state index contributed by atoms with van der Waals surface area (Å²) in [5.41, 5.74) is -0.687. The van der Waals surface area contributed by atoms with Gasteiger partial charge < -0.3 is 15.5 Å². The highest BCUT2D eigenvalue weighted by Crippen LogP contribution is 2.35. The third kappa shape index (κ3) is 4.83. The van der Waals surface area contributed by atoms with E-state index in [4.69, 9.17) is 0 Å². The van der Waals surface area contributed by atoms with Crippen molar-refractivity contribution >= 4 is 23.8 Å². The number of hydrogen-bond acceptors (Lipinski definition) is 4. The largest absolute Gasteiger partial charge is 0.356 e. The molecule has 28 heavy (non-hydrogen) atoms. The molecule has 2 heterocycles. The van der Waals surface area contributed by atoms with Crippen molar-refractivity contribution in [3.05, 3.63) is 0 Å². The second-order valence-electron chi connectivity index (χ2n) is 8.17. The lowest BCUT2D eigenvalue weighted by molar-refractivity contribution is -0.132. The fourth-order valence-electron chi connectivity index (χ4n) is 4.47. The zero-order valence-electron chi connectivity index (χ0n) is 16.6. The fraction of sp³-hybridized carbons (Fsp3) is 0.800. The number of amides is 5. The lowest BCUT2D eigenvalue weighted by Gasteiger charge is -2.20. The Morgan fingerprint density at radius 2 is 1.64 bits per heavy atom. The van der Waals surface area contributed by atoms with Gasteiger partial charge >= 0.3 is 6.03 Å². The van der Waals surface area contributed by atoms with Crippen molar-refractivity contribution in [3.63, 3.8) is 0 Å². The quantitative estimate of drug-likeness (QED) is 0.642. The molecule has 1 spiro atoms. The number of hydrogen-bond donors (Lipinski definition) is 2. The molecule has 1 aliphatic carbocycles. The van der Waals surface area contributed by atoms with Gasteiger partial charge in [0.2, 0.25) is 11.8 Å². The van der Waals surface area contributed by atoms with E-state index in [9.17, 15) is 19.2 Å². The summed E-state index contributed by atoms with van der Waals surface area (Å²) in [6.07, 6.45) is 8.79. The zero-order valence-corrected chi connectivity index (χ0v) is 16.6. The van der Waals surface area contributed by atoms with Crippen LogP contribution in [0.3, 0.4) is 0 Å². The Bertz CT molecular complexity index is 607. The zero-order chi connectivity index (χ0) is 20.0. The lowest BCUT2D eigenvalue weighted by atomic mass is 9.98. The van der Waals surface area contributed by atoms with Gasteiger partial charge in [-0.1, -0.05) is 25.7 Å². The molecule has 2 aliphatic heterocycles. The SMILES string of the molecule is O=C(CCCN1C(=O)NC2(CCCC2)C1=O)NCCC(=O)N1CCCCCC1. The van der Waals surface area contributed by atoms with Crippen molar-refractivity contribution in [3.8, 4) is 0 Å². The van der Waals surface area contributed by atoms with Crippen LogP contribution in [0.25, 0.3) is 0 Å². The van der Waals surface area contributed by atoms with Crippen LogP contribution in [-0.2, 0) is 14.4 Å². The lowest BCUT2D eigenvalue weighted by Crippen LogP contribution is -2.44. The van der Waals surface area contributed by atoms with Crippen LogP contribution in [0, 0.1) is 0 Å². The molecule has 1 saturated carbocycles. The molecular formula is C20H32N4O4. The predicted octanol–water partition coefficient (Wildman–Crippen LogP) is 1.54. The van der Waals surface area contributed by atoms with E-state index in [1.807, 2.05) is 4.90 Å². The summed E-state index contributed by atoms with van der Waals surface area (Å²) in [6, 6.07) is -0.338. The van der Waals surface area contributed by atoms with Crippen LogP contribution >= 0.6 is 0 Å². The smallest absolute Gasteiger partial charge is 0.325 e. The number of nitrogens with zero attached hydrogens (tertiary/aromatic N) is 2. The van der Waals surface area contributed by atoms with Crippen LogP contribution in [-0.4, -0.2) is 65.3 Å². The van der Waals surface area contributed by atoms with Gasteiger partial charge in [0.25, 0.3) is 5.91 Å². The van der Waals surface area contributed by atoms with Crippen LogP contribution in [0.4, 0.5) is 4.79 Å². The molecular weight excluding hydrogens is 360 g/mol. The van der Waals surface area contributed by atoms with Crippen LogP contribution in [0.2, 0.25) is 0 Å². The molecule has 8 nitrogen and oxygen atoms in total. The van der Waals surface area contributed by atoms with Crippen LogP contribution in [0.15, 0.2) is 0 Å². The standard InChI is InChI=1S/C20H32N4O4/c25-16(21-12-9-17(26)23-13-5-1-2-6-14-23)8-7-15-24-18(27)20(22-19(24)28)10-3-4-11-20/h1-15H2,(H,21,25)(H,22,28). The summed E-state index contributed by atoms with van der Waals surface area (Å²) in [7, 11) is 0. The third-order valence-electron chi connectivity index (χ3n) is 6.11. The first-order chi connectivity index (χ1) is 13.5. The minimum Gasteiger partial charge on any atom is -0.356 e. The van der Waals surface area contributed by atoms with E-state index in [0.29, 0.717) is 32.2 Å². The number of rotatable bonds is 7. The van der Waals surface area contributed by atoms with Gasteiger partial charge in [-0.15, -0.1) is 0 Å². The van der Waals surface area contributed by atoms with Crippen molar-refractivity contribution in [1.29, 1.82) is 0 Å². The molecule has 2 N–H and O–H groups in total. The minimum absolute atomic E-state index is 0.100. The van der Waals surface area contributed by atoms with E-state index < -0.39 is 5.54 Å². The molecule has 3 aliphatic rings. The van der Waals surface area contributed by atoms with Gasteiger partial charge in [-0.25, -0.2) is 4.79 Å². The number of urea groups is 1. The molecule has 0 unspecified atom stereocenters. The Morgan fingerprint density at radius 1 is 0.964 bits per heavy atom. The maximum absolute atomic E-state index is 12.5. The maximum Gasteiger partial charge on any atom is 0.325 e. The molecule has 2 saturated heterocycles. The summed E-state index contributed by atoms with van der Waals surface area (Å²) < 4.78 is 0. The highest BCUT2D eigenvalue weighted by molar-refractivity contribution is 6.07. The third-order valence-corrected chi connectivity index (χ3v) is 6.11. The number of nitrogens with one attached hydrogen (secondary N) is 2. The topological polar surface area (TPSA) is 98.8 Å². The second-order valence-corrected chi connectivity index (χ2v) is 8.17. The molecule has 0 radical (unpaired) electrons. The maximum atomic E-state index is 12.5.